The van der Waals surface area contributed by atoms with Crippen molar-refractivity contribution in [3.05, 3.63) is 29.8 Å². The lowest BCUT2D eigenvalue weighted by Crippen LogP contribution is -2.47. The smallest absolute Gasteiger partial charge is 0.243 e. The van der Waals surface area contributed by atoms with Gasteiger partial charge in [-0.25, -0.2) is 0 Å². The second-order valence-electron chi connectivity index (χ2n) is 7.95. The van der Waals surface area contributed by atoms with Crippen LogP contribution in [0.15, 0.2) is 29.3 Å². The van der Waals surface area contributed by atoms with Gasteiger partial charge >= 0.3 is 0 Å². The molecular formula is C23H31N5O2. The molecule has 0 bridgehead atoms. The van der Waals surface area contributed by atoms with E-state index in [-0.39, 0.29) is 24.4 Å². The number of amides is 2. The third-order valence-corrected chi connectivity index (χ3v) is 5.75. The highest BCUT2D eigenvalue weighted by Gasteiger charge is 2.31. The molecule has 0 spiro atoms. The van der Waals surface area contributed by atoms with Crippen LogP contribution in [0, 0.1) is 18.3 Å². The van der Waals surface area contributed by atoms with Gasteiger partial charge in [0, 0.05) is 43.3 Å². The normalized spacial score (nSPS) is 19.8. The van der Waals surface area contributed by atoms with Gasteiger partial charge in [-0.2, -0.15) is 0 Å². The Hall–Kier alpha value is -3.01. The van der Waals surface area contributed by atoms with Crippen LogP contribution >= 0.6 is 0 Å². The lowest BCUT2D eigenvalue weighted by atomic mass is 9.88. The number of rotatable bonds is 5. The lowest BCUT2D eigenvalue weighted by Gasteiger charge is -2.26. The zero-order valence-electron chi connectivity index (χ0n) is 17.6. The first-order valence-corrected chi connectivity index (χ1v) is 10.7. The predicted molar refractivity (Wildman–Crippen MR) is 119 cm³/mol. The number of hydrogen-bond donors (Lipinski definition) is 3. The predicted octanol–water partition coefficient (Wildman–Crippen LogP) is 1.95. The molecule has 3 N–H and O–H groups in total. The fraction of sp³-hybridized carbons (Fsp3) is 0.522. The summed E-state index contributed by atoms with van der Waals surface area (Å²) in [5, 5.41) is 9.18. The van der Waals surface area contributed by atoms with Crippen LogP contribution < -0.4 is 16.0 Å². The average molecular weight is 410 g/mol. The Balaban J connectivity index is 1.42. The first-order valence-electron chi connectivity index (χ1n) is 10.7. The van der Waals surface area contributed by atoms with Crippen LogP contribution in [0.3, 0.4) is 0 Å². The van der Waals surface area contributed by atoms with Crippen molar-refractivity contribution in [1.82, 2.24) is 15.5 Å². The number of nitrogens with one attached hydrogen (secondary N) is 3. The van der Waals surface area contributed by atoms with Crippen molar-refractivity contribution in [2.75, 3.05) is 32.0 Å². The molecule has 1 saturated carbocycles. The molecule has 1 aliphatic carbocycles. The summed E-state index contributed by atoms with van der Waals surface area (Å²) in [4.78, 5) is 31.1. The highest BCUT2D eigenvalue weighted by molar-refractivity contribution is 5.95. The van der Waals surface area contributed by atoms with Gasteiger partial charge < -0.3 is 20.9 Å². The molecule has 1 atom stereocenters. The topological polar surface area (TPSA) is 85.8 Å². The summed E-state index contributed by atoms with van der Waals surface area (Å²) < 4.78 is 0. The maximum absolute atomic E-state index is 12.7. The number of aliphatic imine (C=N–C) groups is 1. The SMILES string of the molecule is C#Cc1cccc(NC(=O)CNC(=NC)NC2CCN(C(=O)C3CCCCC3)C2)c1. The van der Waals surface area contributed by atoms with Crippen molar-refractivity contribution in [3.63, 3.8) is 0 Å². The van der Waals surface area contributed by atoms with E-state index < -0.39 is 0 Å². The molecule has 7 heteroatoms. The number of benzene rings is 1. The minimum Gasteiger partial charge on any atom is -0.352 e. The van der Waals surface area contributed by atoms with E-state index >= 15 is 0 Å². The van der Waals surface area contributed by atoms with Crippen molar-refractivity contribution in [1.29, 1.82) is 0 Å². The highest BCUT2D eigenvalue weighted by atomic mass is 16.2. The zero-order valence-corrected chi connectivity index (χ0v) is 17.6. The van der Waals surface area contributed by atoms with E-state index in [4.69, 9.17) is 6.42 Å². The van der Waals surface area contributed by atoms with Crippen molar-refractivity contribution in [2.24, 2.45) is 10.9 Å². The molecule has 160 valence electrons. The van der Waals surface area contributed by atoms with Gasteiger partial charge in [-0.15, -0.1) is 6.42 Å². The second kappa shape index (κ2) is 10.7. The Morgan fingerprint density at radius 3 is 2.77 bits per heavy atom. The van der Waals surface area contributed by atoms with Gasteiger partial charge in [-0.05, 0) is 37.5 Å². The molecule has 7 nitrogen and oxygen atoms in total. The van der Waals surface area contributed by atoms with Gasteiger partial charge in [-0.3, -0.25) is 14.6 Å². The first kappa shape index (κ1) is 21.7. The summed E-state index contributed by atoms with van der Waals surface area (Å²) in [6, 6.07) is 7.30. The summed E-state index contributed by atoms with van der Waals surface area (Å²) >= 11 is 0. The van der Waals surface area contributed by atoms with Crippen LogP contribution in [0.5, 0.6) is 0 Å². The van der Waals surface area contributed by atoms with Crippen LogP contribution in [0.2, 0.25) is 0 Å². The maximum Gasteiger partial charge on any atom is 0.243 e. The zero-order chi connectivity index (χ0) is 21.3. The molecule has 3 rings (SSSR count). The van der Waals surface area contributed by atoms with Gasteiger partial charge in [0.2, 0.25) is 11.8 Å². The molecular weight excluding hydrogens is 378 g/mol. The number of nitrogens with zero attached hydrogens (tertiary/aromatic N) is 2. The summed E-state index contributed by atoms with van der Waals surface area (Å²) in [6.45, 7) is 1.54. The molecule has 1 aromatic rings. The van der Waals surface area contributed by atoms with E-state index in [1.165, 1.54) is 6.42 Å². The minimum absolute atomic E-state index is 0.0807. The standard InChI is InChI=1S/C23H31N5O2/c1-3-17-8-7-11-19(14-17)26-21(29)15-25-23(24-2)27-20-12-13-28(16-20)22(30)18-9-5-4-6-10-18/h1,7-8,11,14,18,20H,4-6,9-10,12-13,15-16H2,2H3,(H,26,29)(H2,24,25,27). The number of hydrogen-bond acceptors (Lipinski definition) is 3. The summed E-state index contributed by atoms with van der Waals surface area (Å²) in [6.07, 6.45) is 11.9. The average Bonchev–Trinajstić information content (AvgIpc) is 3.25. The van der Waals surface area contributed by atoms with Crippen LogP contribution in [0.4, 0.5) is 5.69 Å². The van der Waals surface area contributed by atoms with E-state index in [1.54, 1.807) is 25.2 Å². The third-order valence-electron chi connectivity index (χ3n) is 5.75. The number of likely N-dealkylation sites (tertiary alicyclic amines) is 1. The lowest BCUT2D eigenvalue weighted by molar-refractivity contribution is -0.135. The molecule has 2 amide bonds. The van der Waals surface area contributed by atoms with Gasteiger partial charge in [0.15, 0.2) is 5.96 Å². The minimum atomic E-state index is -0.187. The fourth-order valence-corrected chi connectivity index (χ4v) is 4.13. The van der Waals surface area contributed by atoms with E-state index in [0.717, 1.165) is 38.6 Å². The van der Waals surface area contributed by atoms with Crippen molar-refractivity contribution in [3.8, 4) is 12.3 Å². The Morgan fingerprint density at radius 1 is 1.23 bits per heavy atom. The molecule has 2 fully saturated rings. The van der Waals surface area contributed by atoms with Crippen LogP contribution in [-0.4, -0.2) is 55.4 Å². The van der Waals surface area contributed by atoms with Gasteiger partial charge in [0.25, 0.3) is 0 Å². The van der Waals surface area contributed by atoms with Crippen LogP contribution in [0.25, 0.3) is 0 Å². The van der Waals surface area contributed by atoms with Gasteiger partial charge in [-0.1, -0.05) is 31.2 Å². The number of anilines is 1. The van der Waals surface area contributed by atoms with Crippen molar-refractivity contribution >= 4 is 23.5 Å². The van der Waals surface area contributed by atoms with E-state index in [0.29, 0.717) is 29.7 Å². The third kappa shape index (κ3) is 5.99. The maximum atomic E-state index is 12.7. The molecule has 1 aliphatic heterocycles. The molecule has 2 aliphatic rings. The van der Waals surface area contributed by atoms with Crippen molar-refractivity contribution in [2.45, 2.75) is 44.6 Å². The fourth-order valence-electron chi connectivity index (χ4n) is 4.13. The quantitative estimate of drug-likeness (QED) is 0.394. The van der Waals surface area contributed by atoms with Crippen LogP contribution in [0.1, 0.15) is 44.1 Å². The molecule has 1 saturated heterocycles. The first-order chi connectivity index (χ1) is 14.6. The van der Waals surface area contributed by atoms with Gasteiger partial charge in [0.05, 0.1) is 6.54 Å². The Morgan fingerprint density at radius 2 is 2.03 bits per heavy atom. The molecule has 30 heavy (non-hydrogen) atoms. The molecule has 1 heterocycles. The molecule has 1 unspecified atom stereocenters. The summed E-state index contributed by atoms with van der Waals surface area (Å²) in [5.41, 5.74) is 1.37. The molecule has 0 aromatic heterocycles. The summed E-state index contributed by atoms with van der Waals surface area (Å²) in [7, 11) is 1.67. The van der Waals surface area contributed by atoms with Gasteiger partial charge in [0.1, 0.15) is 0 Å². The van der Waals surface area contributed by atoms with E-state index in [1.807, 2.05) is 11.0 Å². The Kier molecular flexibility index (Phi) is 7.72. The van der Waals surface area contributed by atoms with E-state index in [2.05, 4.69) is 26.9 Å². The highest BCUT2D eigenvalue weighted by Crippen LogP contribution is 2.26. The largest absolute Gasteiger partial charge is 0.352 e. The van der Waals surface area contributed by atoms with Crippen molar-refractivity contribution < 1.29 is 9.59 Å². The Bertz CT molecular complexity index is 823. The number of carbonyl (C=O) groups is 2. The van der Waals surface area contributed by atoms with Crippen LogP contribution in [-0.2, 0) is 9.59 Å². The number of guanidine groups is 1. The Labute approximate surface area is 178 Å². The number of carbonyl (C=O) groups excluding carboxylic acids is 2. The second-order valence-corrected chi connectivity index (χ2v) is 7.95. The summed E-state index contributed by atoms with van der Waals surface area (Å²) in [5.74, 6) is 3.42. The number of terminal acetylenes is 1. The van der Waals surface area contributed by atoms with E-state index in [9.17, 15) is 9.59 Å². The molecule has 1 aromatic carbocycles. The monoisotopic (exact) mass is 409 g/mol. The molecule has 0 radical (unpaired) electrons.